The van der Waals surface area contributed by atoms with E-state index >= 15 is 0 Å². The number of carbonyl (C=O) groups excluding carboxylic acids is 1. The molecular formula is C16H13BrN2O4. The first-order valence-corrected chi connectivity index (χ1v) is 7.53. The number of hydrogen-bond donors (Lipinski definition) is 1. The molecule has 0 radical (unpaired) electrons. The van der Waals surface area contributed by atoms with Gasteiger partial charge < -0.3 is 14.5 Å². The number of carbonyl (C=O) groups is 1. The Labute approximate surface area is 139 Å². The SMILES string of the molecule is COc1ccc(C(=O)Nc2ccc3c(c2)oc(=O)n3C)cc1Br. The van der Waals surface area contributed by atoms with E-state index in [0.717, 1.165) is 0 Å². The molecule has 1 heterocycles. The average Bonchev–Trinajstić information content (AvgIpc) is 2.81. The van der Waals surface area contributed by atoms with Crippen molar-refractivity contribution in [2.75, 3.05) is 12.4 Å². The average molecular weight is 377 g/mol. The lowest BCUT2D eigenvalue weighted by atomic mass is 10.2. The molecule has 23 heavy (non-hydrogen) atoms. The van der Waals surface area contributed by atoms with Gasteiger partial charge in [0, 0.05) is 24.4 Å². The van der Waals surface area contributed by atoms with Gasteiger partial charge in [0.1, 0.15) is 5.75 Å². The van der Waals surface area contributed by atoms with E-state index in [0.29, 0.717) is 32.6 Å². The Bertz CT molecular complexity index is 958. The quantitative estimate of drug-likeness (QED) is 0.761. The molecule has 0 aliphatic carbocycles. The fraction of sp³-hybridized carbons (Fsp3) is 0.125. The van der Waals surface area contributed by atoms with E-state index in [9.17, 15) is 9.59 Å². The van der Waals surface area contributed by atoms with Crippen LogP contribution < -0.4 is 15.8 Å². The van der Waals surface area contributed by atoms with Crippen LogP contribution in [0.5, 0.6) is 5.75 Å². The molecule has 0 aliphatic rings. The van der Waals surface area contributed by atoms with Gasteiger partial charge in [-0.15, -0.1) is 0 Å². The number of benzene rings is 2. The molecule has 0 spiro atoms. The monoisotopic (exact) mass is 376 g/mol. The van der Waals surface area contributed by atoms with E-state index in [2.05, 4.69) is 21.2 Å². The molecule has 7 heteroatoms. The van der Waals surface area contributed by atoms with Crippen molar-refractivity contribution in [1.82, 2.24) is 4.57 Å². The first-order chi connectivity index (χ1) is 11.0. The zero-order chi connectivity index (χ0) is 16.6. The van der Waals surface area contributed by atoms with E-state index in [1.54, 1.807) is 50.6 Å². The first-order valence-electron chi connectivity index (χ1n) is 6.74. The summed E-state index contributed by atoms with van der Waals surface area (Å²) in [6.07, 6.45) is 0. The molecule has 1 amide bonds. The predicted molar refractivity (Wildman–Crippen MR) is 90.1 cm³/mol. The Balaban J connectivity index is 1.87. The van der Waals surface area contributed by atoms with Gasteiger partial charge in [-0.3, -0.25) is 9.36 Å². The minimum atomic E-state index is -0.442. The Morgan fingerprint density at radius 3 is 2.74 bits per heavy atom. The highest BCUT2D eigenvalue weighted by Crippen LogP contribution is 2.26. The zero-order valence-corrected chi connectivity index (χ0v) is 14.0. The number of nitrogens with one attached hydrogen (secondary N) is 1. The second-order valence-corrected chi connectivity index (χ2v) is 5.77. The van der Waals surface area contributed by atoms with Crippen LogP contribution in [0.1, 0.15) is 10.4 Å². The summed E-state index contributed by atoms with van der Waals surface area (Å²) >= 11 is 3.35. The number of ether oxygens (including phenoxy) is 1. The number of aryl methyl sites for hydroxylation is 1. The van der Waals surface area contributed by atoms with Crippen molar-refractivity contribution >= 4 is 38.6 Å². The van der Waals surface area contributed by atoms with Gasteiger partial charge in [-0.05, 0) is 46.3 Å². The summed E-state index contributed by atoms with van der Waals surface area (Å²) in [5, 5.41) is 2.77. The highest BCUT2D eigenvalue weighted by atomic mass is 79.9. The number of oxazole rings is 1. The second kappa shape index (κ2) is 5.92. The molecule has 0 saturated carbocycles. The number of rotatable bonds is 3. The lowest BCUT2D eigenvalue weighted by Crippen LogP contribution is -2.12. The van der Waals surface area contributed by atoms with E-state index < -0.39 is 5.76 Å². The van der Waals surface area contributed by atoms with Crippen molar-refractivity contribution in [3.05, 3.63) is 57.0 Å². The molecule has 118 valence electrons. The van der Waals surface area contributed by atoms with E-state index in [-0.39, 0.29) is 5.91 Å². The second-order valence-electron chi connectivity index (χ2n) is 4.91. The van der Waals surface area contributed by atoms with E-state index in [1.807, 2.05) is 0 Å². The molecular weight excluding hydrogens is 364 g/mol. The predicted octanol–water partition coefficient (Wildman–Crippen LogP) is 3.15. The Kier molecular flexibility index (Phi) is 3.96. The number of aromatic nitrogens is 1. The van der Waals surface area contributed by atoms with Gasteiger partial charge >= 0.3 is 5.76 Å². The Morgan fingerprint density at radius 2 is 2.04 bits per heavy atom. The maximum Gasteiger partial charge on any atom is 0.419 e. The summed E-state index contributed by atoms with van der Waals surface area (Å²) in [7, 11) is 3.18. The molecule has 0 saturated heterocycles. The van der Waals surface area contributed by atoms with Crippen LogP contribution in [0.25, 0.3) is 11.1 Å². The molecule has 0 fully saturated rings. The number of fused-ring (bicyclic) bond motifs is 1. The normalized spacial score (nSPS) is 10.7. The molecule has 0 bridgehead atoms. The van der Waals surface area contributed by atoms with Crippen LogP contribution in [0.2, 0.25) is 0 Å². The largest absolute Gasteiger partial charge is 0.496 e. The van der Waals surface area contributed by atoms with Crippen molar-refractivity contribution in [1.29, 1.82) is 0 Å². The van der Waals surface area contributed by atoms with Crippen LogP contribution in [0.4, 0.5) is 5.69 Å². The molecule has 6 nitrogen and oxygen atoms in total. The van der Waals surface area contributed by atoms with Crippen LogP contribution >= 0.6 is 15.9 Å². The van der Waals surface area contributed by atoms with E-state index in [1.165, 1.54) is 4.57 Å². The van der Waals surface area contributed by atoms with Crippen LogP contribution in [0.3, 0.4) is 0 Å². The van der Waals surface area contributed by atoms with Crippen LogP contribution in [0, 0.1) is 0 Å². The van der Waals surface area contributed by atoms with Gasteiger partial charge in [0.05, 0.1) is 17.1 Å². The van der Waals surface area contributed by atoms with Crippen molar-refractivity contribution in [3.63, 3.8) is 0 Å². The van der Waals surface area contributed by atoms with Gasteiger partial charge in [-0.25, -0.2) is 4.79 Å². The van der Waals surface area contributed by atoms with Gasteiger partial charge in [-0.1, -0.05) is 0 Å². The summed E-state index contributed by atoms with van der Waals surface area (Å²) in [5.74, 6) is -0.0671. The highest BCUT2D eigenvalue weighted by Gasteiger charge is 2.11. The molecule has 0 unspecified atom stereocenters. The van der Waals surface area contributed by atoms with Gasteiger partial charge in [0.25, 0.3) is 5.91 Å². The maximum atomic E-state index is 12.3. The third kappa shape index (κ3) is 2.87. The third-order valence-electron chi connectivity index (χ3n) is 3.46. The smallest absolute Gasteiger partial charge is 0.419 e. The molecule has 3 rings (SSSR count). The topological polar surface area (TPSA) is 73.5 Å². The fourth-order valence-electron chi connectivity index (χ4n) is 2.22. The number of hydrogen-bond acceptors (Lipinski definition) is 4. The standard InChI is InChI=1S/C16H13BrN2O4/c1-19-12-5-4-10(8-14(12)23-16(19)21)18-15(20)9-3-6-13(22-2)11(17)7-9/h3-8H,1-2H3,(H,18,20). The lowest BCUT2D eigenvalue weighted by Gasteiger charge is -2.08. The summed E-state index contributed by atoms with van der Waals surface area (Å²) in [5.41, 5.74) is 2.11. The molecule has 1 N–H and O–H groups in total. The molecule has 0 aliphatic heterocycles. The Morgan fingerprint density at radius 1 is 1.26 bits per heavy atom. The van der Waals surface area contributed by atoms with Crippen molar-refractivity contribution in [2.45, 2.75) is 0 Å². The fourth-order valence-corrected chi connectivity index (χ4v) is 2.76. The summed E-state index contributed by atoms with van der Waals surface area (Å²) < 4.78 is 12.3. The van der Waals surface area contributed by atoms with E-state index in [4.69, 9.17) is 9.15 Å². The van der Waals surface area contributed by atoms with Gasteiger partial charge in [0.2, 0.25) is 0 Å². The summed E-state index contributed by atoms with van der Waals surface area (Å²) in [6, 6.07) is 10.1. The summed E-state index contributed by atoms with van der Waals surface area (Å²) in [4.78, 5) is 23.8. The van der Waals surface area contributed by atoms with Crippen LogP contribution in [0.15, 0.2) is 50.1 Å². The summed E-state index contributed by atoms with van der Waals surface area (Å²) in [6.45, 7) is 0. The van der Waals surface area contributed by atoms with Crippen molar-refractivity contribution in [2.24, 2.45) is 7.05 Å². The number of nitrogens with zero attached hydrogens (tertiary/aromatic N) is 1. The minimum absolute atomic E-state index is 0.272. The molecule has 2 aromatic carbocycles. The first kappa shape index (κ1) is 15.4. The van der Waals surface area contributed by atoms with Gasteiger partial charge in [0.15, 0.2) is 5.58 Å². The maximum absolute atomic E-state index is 12.3. The van der Waals surface area contributed by atoms with Crippen LogP contribution in [-0.4, -0.2) is 17.6 Å². The number of amides is 1. The molecule has 0 atom stereocenters. The van der Waals surface area contributed by atoms with Crippen molar-refractivity contribution < 1.29 is 13.9 Å². The third-order valence-corrected chi connectivity index (χ3v) is 4.08. The highest BCUT2D eigenvalue weighted by molar-refractivity contribution is 9.10. The van der Waals surface area contributed by atoms with Gasteiger partial charge in [-0.2, -0.15) is 0 Å². The molecule has 1 aromatic heterocycles. The minimum Gasteiger partial charge on any atom is -0.496 e. The number of anilines is 1. The zero-order valence-electron chi connectivity index (χ0n) is 12.4. The lowest BCUT2D eigenvalue weighted by molar-refractivity contribution is 0.102. The van der Waals surface area contributed by atoms with Crippen molar-refractivity contribution in [3.8, 4) is 5.75 Å². The number of methoxy groups -OCH3 is 1. The van der Waals surface area contributed by atoms with Crippen LogP contribution in [-0.2, 0) is 7.05 Å². The molecule has 3 aromatic rings. The number of halogens is 1. The Hall–Kier alpha value is -2.54.